The van der Waals surface area contributed by atoms with Crippen molar-refractivity contribution in [1.29, 1.82) is 0 Å². The molecule has 0 aliphatic carbocycles. The molecule has 0 aliphatic heterocycles. The van der Waals surface area contributed by atoms with Gasteiger partial charge in [0.2, 0.25) is 0 Å². The van der Waals surface area contributed by atoms with E-state index in [4.69, 9.17) is 23.2 Å². The summed E-state index contributed by atoms with van der Waals surface area (Å²) in [6, 6.07) is 15.9. The van der Waals surface area contributed by atoms with Crippen molar-refractivity contribution in [2.45, 2.75) is 20.8 Å². The minimum Gasteiger partial charge on any atom is -0.341 e. The largest absolute Gasteiger partial charge is 0.341 e. The molecule has 1 nitrogen and oxygen atoms in total. The van der Waals surface area contributed by atoms with Gasteiger partial charge in [0.15, 0.2) is 0 Å². The Morgan fingerprint density at radius 2 is 1.40 bits per heavy atom. The lowest BCUT2D eigenvalue weighted by Gasteiger charge is -2.32. The second kappa shape index (κ2) is 6.07. The van der Waals surface area contributed by atoms with Crippen LogP contribution >= 0.6 is 23.2 Å². The molecule has 0 N–H and O–H groups in total. The number of halogens is 2. The number of para-hydroxylation sites is 1. The van der Waals surface area contributed by atoms with Crippen LogP contribution in [0.5, 0.6) is 0 Å². The Balaban J connectivity index is 2.46. The number of rotatable bonds is 3. The summed E-state index contributed by atoms with van der Waals surface area (Å²) in [6.07, 6.45) is 0. The van der Waals surface area contributed by atoms with Gasteiger partial charge >= 0.3 is 0 Å². The third kappa shape index (κ3) is 4.16. The third-order valence-corrected chi connectivity index (χ3v) is 3.30. The minimum atomic E-state index is 0.157. The molecule has 0 bridgehead atoms. The quantitative estimate of drug-likeness (QED) is 0.654. The number of benzene rings is 2. The van der Waals surface area contributed by atoms with Gasteiger partial charge in [0.05, 0.1) is 0 Å². The van der Waals surface area contributed by atoms with Crippen LogP contribution < -0.4 is 4.90 Å². The maximum Gasteiger partial charge on any atom is 0.0441 e. The highest BCUT2D eigenvalue weighted by Crippen LogP contribution is 2.33. The van der Waals surface area contributed by atoms with E-state index >= 15 is 0 Å². The molecule has 0 saturated carbocycles. The molecule has 0 aliphatic rings. The summed E-state index contributed by atoms with van der Waals surface area (Å²) in [5.41, 5.74) is 2.31. The van der Waals surface area contributed by atoms with E-state index in [1.807, 2.05) is 30.3 Å². The van der Waals surface area contributed by atoms with Crippen LogP contribution in [0.15, 0.2) is 48.5 Å². The van der Waals surface area contributed by atoms with Crippen molar-refractivity contribution in [3.63, 3.8) is 0 Å². The molecule has 0 aromatic heterocycles. The summed E-state index contributed by atoms with van der Waals surface area (Å²) in [7, 11) is 0. The first-order valence-electron chi connectivity index (χ1n) is 6.64. The Labute approximate surface area is 131 Å². The summed E-state index contributed by atoms with van der Waals surface area (Å²) < 4.78 is 0. The van der Waals surface area contributed by atoms with Crippen molar-refractivity contribution >= 4 is 34.6 Å². The van der Waals surface area contributed by atoms with Gasteiger partial charge in [-0.05, 0) is 35.7 Å². The van der Waals surface area contributed by atoms with E-state index in [1.54, 1.807) is 6.07 Å². The molecule has 0 spiro atoms. The first-order chi connectivity index (χ1) is 9.35. The summed E-state index contributed by atoms with van der Waals surface area (Å²) in [5, 5.41) is 1.31. The maximum absolute atomic E-state index is 6.14. The lowest BCUT2D eigenvalue weighted by molar-refractivity contribution is 0.424. The van der Waals surface area contributed by atoms with Crippen molar-refractivity contribution in [2.24, 2.45) is 5.41 Å². The highest BCUT2D eigenvalue weighted by Gasteiger charge is 2.19. The van der Waals surface area contributed by atoms with Crippen molar-refractivity contribution in [2.75, 3.05) is 11.4 Å². The third-order valence-electron chi connectivity index (χ3n) is 2.86. The molecule has 0 heterocycles. The predicted molar refractivity (Wildman–Crippen MR) is 89.4 cm³/mol. The summed E-state index contributed by atoms with van der Waals surface area (Å²) in [4.78, 5) is 2.25. The van der Waals surface area contributed by atoms with Crippen LogP contribution in [-0.4, -0.2) is 6.54 Å². The van der Waals surface area contributed by atoms with E-state index in [0.717, 1.165) is 17.9 Å². The topological polar surface area (TPSA) is 3.24 Å². The van der Waals surface area contributed by atoms with Crippen LogP contribution in [-0.2, 0) is 0 Å². The first kappa shape index (κ1) is 15.2. The Kier molecular flexibility index (Phi) is 4.62. The highest BCUT2D eigenvalue weighted by molar-refractivity contribution is 6.35. The molecule has 20 heavy (non-hydrogen) atoms. The number of anilines is 2. The zero-order valence-corrected chi connectivity index (χ0v) is 13.5. The Hall–Kier alpha value is -1.18. The SMILES string of the molecule is CC(C)(C)CN(c1ccccc1)c1cc(Cl)cc(Cl)c1. The second-order valence-electron chi connectivity index (χ2n) is 6.11. The summed E-state index contributed by atoms with van der Waals surface area (Å²) >= 11 is 12.3. The fraction of sp³-hybridized carbons (Fsp3) is 0.294. The lowest BCUT2D eigenvalue weighted by Crippen LogP contribution is -2.28. The van der Waals surface area contributed by atoms with E-state index in [1.165, 1.54) is 0 Å². The zero-order chi connectivity index (χ0) is 14.8. The Morgan fingerprint density at radius 1 is 0.850 bits per heavy atom. The van der Waals surface area contributed by atoms with Crippen LogP contribution in [0.4, 0.5) is 11.4 Å². The van der Waals surface area contributed by atoms with Gasteiger partial charge < -0.3 is 4.90 Å². The first-order valence-corrected chi connectivity index (χ1v) is 7.39. The van der Waals surface area contributed by atoms with Gasteiger partial charge in [-0.3, -0.25) is 0 Å². The Morgan fingerprint density at radius 3 is 1.90 bits per heavy atom. The fourth-order valence-electron chi connectivity index (χ4n) is 2.11. The fourth-order valence-corrected chi connectivity index (χ4v) is 2.62. The van der Waals surface area contributed by atoms with Crippen LogP contribution in [0.3, 0.4) is 0 Å². The lowest BCUT2D eigenvalue weighted by atomic mass is 9.95. The number of hydrogen-bond acceptors (Lipinski definition) is 1. The molecule has 2 rings (SSSR count). The average Bonchev–Trinajstić information content (AvgIpc) is 2.35. The summed E-state index contributed by atoms with van der Waals surface area (Å²) in [6.45, 7) is 7.53. The van der Waals surface area contributed by atoms with Crippen molar-refractivity contribution in [3.8, 4) is 0 Å². The van der Waals surface area contributed by atoms with Crippen LogP contribution in [0, 0.1) is 5.41 Å². The molecular formula is C17H19Cl2N. The van der Waals surface area contributed by atoms with E-state index in [9.17, 15) is 0 Å². The van der Waals surface area contributed by atoms with Crippen LogP contribution in [0.25, 0.3) is 0 Å². The van der Waals surface area contributed by atoms with Gasteiger partial charge in [0, 0.05) is 28.0 Å². The van der Waals surface area contributed by atoms with Gasteiger partial charge in [0.25, 0.3) is 0 Å². The smallest absolute Gasteiger partial charge is 0.0441 e. The highest BCUT2D eigenvalue weighted by atomic mass is 35.5. The molecule has 106 valence electrons. The van der Waals surface area contributed by atoms with Crippen molar-refractivity contribution in [3.05, 3.63) is 58.6 Å². The van der Waals surface area contributed by atoms with Crippen molar-refractivity contribution in [1.82, 2.24) is 0 Å². The van der Waals surface area contributed by atoms with Gasteiger partial charge in [-0.1, -0.05) is 62.2 Å². The number of hydrogen-bond donors (Lipinski definition) is 0. The maximum atomic E-state index is 6.14. The molecule has 0 amide bonds. The van der Waals surface area contributed by atoms with Crippen molar-refractivity contribution < 1.29 is 0 Å². The van der Waals surface area contributed by atoms with Gasteiger partial charge in [-0.2, -0.15) is 0 Å². The minimum absolute atomic E-state index is 0.157. The van der Waals surface area contributed by atoms with Crippen LogP contribution in [0.1, 0.15) is 20.8 Å². The van der Waals surface area contributed by atoms with Crippen LogP contribution in [0.2, 0.25) is 10.0 Å². The number of nitrogens with zero attached hydrogens (tertiary/aromatic N) is 1. The molecule has 2 aromatic carbocycles. The summed E-state index contributed by atoms with van der Waals surface area (Å²) in [5.74, 6) is 0. The molecule has 0 atom stereocenters. The van der Waals surface area contributed by atoms with Gasteiger partial charge in [-0.15, -0.1) is 0 Å². The zero-order valence-electron chi connectivity index (χ0n) is 12.0. The van der Waals surface area contributed by atoms with Gasteiger partial charge in [0.1, 0.15) is 0 Å². The molecule has 2 aromatic rings. The normalized spacial score (nSPS) is 11.4. The second-order valence-corrected chi connectivity index (χ2v) is 6.98. The van der Waals surface area contributed by atoms with E-state index in [2.05, 4.69) is 37.8 Å². The predicted octanol–water partition coefficient (Wildman–Crippen LogP) is 6.18. The average molecular weight is 308 g/mol. The molecule has 0 saturated heterocycles. The standard InChI is InChI=1S/C17H19Cl2N/c1-17(2,3)12-20(15-7-5-4-6-8-15)16-10-13(18)9-14(19)11-16/h4-11H,12H2,1-3H3. The van der Waals surface area contributed by atoms with Gasteiger partial charge in [-0.25, -0.2) is 0 Å². The molecule has 3 heteroatoms. The molecule has 0 radical (unpaired) electrons. The van der Waals surface area contributed by atoms with E-state index in [0.29, 0.717) is 10.0 Å². The molecular weight excluding hydrogens is 289 g/mol. The Bertz CT molecular complexity index is 553. The molecule has 0 unspecified atom stereocenters. The molecule has 0 fully saturated rings. The monoisotopic (exact) mass is 307 g/mol. The van der Waals surface area contributed by atoms with E-state index in [-0.39, 0.29) is 5.41 Å². The van der Waals surface area contributed by atoms with E-state index < -0.39 is 0 Å².